The Balaban J connectivity index is 1.93. The van der Waals surface area contributed by atoms with Crippen LogP contribution in [0.4, 0.5) is 0 Å². The van der Waals surface area contributed by atoms with Gasteiger partial charge in [0.25, 0.3) is 0 Å². The minimum absolute atomic E-state index is 0.329. The lowest BCUT2D eigenvalue weighted by Crippen LogP contribution is -2.39. The minimum Gasteiger partial charge on any atom is -0.343 e. The third-order valence-corrected chi connectivity index (χ3v) is 4.93. The number of hydrogen-bond donors (Lipinski definition) is 1. The highest BCUT2D eigenvalue weighted by Crippen LogP contribution is 2.59. The van der Waals surface area contributed by atoms with Gasteiger partial charge in [0.1, 0.15) is 0 Å². The smallest absolute Gasteiger partial charge is 0.226 e. The first-order valence-corrected chi connectivity index (χ1v) is 7.12. The summed E-state index contributed by atoms with van der Waals surface area (Å²) in [5.74, 6) is 0.732. The first-order chi connectivity index (χ1) is 8.14. The Labute approximate surface area is 105 Å². The second-order valence-electron chi connectivity index (χ2n) is 5.79. The zero-order chi connectivity index (χ0) is 12.5. The second kappa shape index (κ2) is 4.97. The van der Waals surface area contributed by atoms with Gasteiger partial charge in [0.15, 0.2) is 0 Å². The van der Waals surface area contributed by atoms with Gasteiger partial charge in [-0.1, -0.05) is 13.8 Å². The van der Waals surface area contributed by atoms with E-state index in [-0.39, 0.29) is 0 Å². The third-order valence-electron chi connectivity index (χ3n) is 4.93. The quantitative estimate of drug-likeness (QED) is 0.812. The van der Waals surface area contributed by atoms with Crippen molar-refractivity contribution in [2.75, 3.05) is 20.1 Å². The lowest BCUT2D eigenvalue weighted by molar-refractivity contribution is -0.134. The lowest BCUT2D eigenvalue weighted by atomic mass is 9.91. The first-order valence-electron chi connectivity index (χ1n) is 7.12. The van der Waals surface area contributed by atoms with Gasteiger partial charge >= 0.3 is 0 Å². The Morgan fingerprint density at radius 3 is 2.47 bits per heavy atom. The van der Waals surface area contributed by atoms with Crippen LogP contribution in [0.15, 0.2) is 0 Å². The molecule has 1 heterocycles. The molecular formula is C14H26N2O. The number of nitrogens with zero attached hydrogens (tertiary/aromatic N) is 1. The Kier molecular flexibility index (Phi) is 3.76. The van der Waals surface area contributed by atoms with Crippen LogP contribution in [0.3, 0.4) is 0 Å². The number of nitrogens with one attached hydrogen (secondary N) is 1. The van der Waals surface area contributed by atoms with Crippen LogP contribution in [0.25, 0.3) is 0 Å². The molecule has 1 unspecified atom stereocenters. The number of amides is 1. The Bertz CT molecular complexity index is 280. The van der Waals surface area contributed by atoms with E-state index in [0.29, 0.717) is 23.3 Å². The van der Waals surface area contributed by atoms with Crippen molar-refractivity contribution in [3.63, 3.8) is 0 Å². The zero-order valence-corrected chi connectivity index (χ0v) is 11.5. The van der Waals surface area contributed by atoms with E-state index in [9.17, 15) is 4.79 Å². The summed E-state index contributed by atoms with van der Waals surface area (Å²) in [6, 6.07) is 0.432. The molecule has 1 spiro atoms. The summed E-state index contributed by atoms with van der Waals surface area (Å²) in [6.07, 6.45) is 5.67. The average molecular weight is 238 g/mol. The van der Waals surface area contributed by atoms with Gasteiger partial charge in [-0.05, 0) is 50.6 Å². The highest BCUT2D eigenvalue weighted by molar-refractivity contribution is 5.82. The summed E-state index contributed by atoms with van der Waals surface area (Å²) in [5.41, 5.74) is 0.378. The molecule has 1 saturated carbocycles. The zero-order valence-electron chi connectivity index (χ0n) is 11.5. The molecule has 3 heteroatoms. The van der Waals surface area contributed by atoms with Crippen molar-refractivity contribution in [3.8, 4) is 0 Å². The molecule has 1 aliphatic heterocycles. The van der Waals surface area contributed by atoms with Gasteiger partial charge in [-0.2, -0.15) is 0 Å². The number of carbonyl (C=O) groups excluding carboxylic acids is 1. The molecule has 0 aromatic heterocycles. The monoisotopic (exact) mass is 238 g/mol. The highest BCUT2D eigenvalue weighted by Gasteiger charge is 2.58. The summed E-state index contributed by atoms with van der Waals surface area (Å²) in [6.45, 7) is 6.53. The number of piperidine rings is 1. The van der Waals surface area contributed by atoms with Gasteiger partial charge in [0.2, 0.25) is 5.91 Å². The normalized spacial score (nSPS) is 26.2. The predicted molar refractivity (Wildman–Crippen MR) is 69.8 cm³/mol. The van der Waals surface area contributed by atoms with Crippen LogP contribution in [0.2, 0.25) is 0 Å². The van der Waals surface area contributed by atoms with Crippen LogP contribution in [0, 0.1) is 11.3 Å². The molecule has 17 heavy (non-hydrogen) atoms. The molecule has 0 radical (unpaired) electrons. The molecule has 0 bridgehead atoms. The van der Waals surface area contributed by atoms with Gasteiger partial charge in [0, 0.05) is 19.0 Å². The fourth-order valence-electron chi connectivity index (χ4n) is 3.44. The minimum atomic E-state index is 0.329. The van der Waals surface area contributed by atoms with Crippen molar-refractivity contribution in [2.45, 2.75) is 52.0 Å². The molecule has 1 amide bonds. The predicted octanol–water partition coefficient (Wildman–Crippen LogP) is 2.02. The van der Waals surface area contributed by atoms with Crippen molar-refractivity contribution < 1.29 is 4.79 Å². The SMILES string of the molecule is CCC(CC)N(C)C(=O)C1CC12CCNCC2. The largest absolute Gasteiger partial charge is 0.343 e. The first kappa shape index (κ1) is 12.9. The maximum atomic E-state index is 12.4. The lowest BCUT2D eigenvalue weighted by Gasteiger charge is -2.29. The second-order valence-corrected chi connectivity index (χ2v) is 5.79. The van der Waals surface area contributed by atoms with E-state index in [4.69, 9.17) is 0 Å². The van der Waals surface area contributed by atoms with Crippen LogP contribution < -0.4 is 5.32 Å². The van der Waals surface area contributed by atoms with Crippen molar-refractivity contribution in [1.82, 2.24) is 10.2 Å². The molecule has 98 valence electrons. The van der Waals surface area contributed by atoms with Crippen molar-refractivity contribution >= 4 is 5.91 Å². The molecule has 3 nitrogen and oxygen atoms in total. The van der Waals surface area contributed by atoms with Crippen LogP contribution >= 0.6 is 0 Å². The van der Waals surface area contributed by atoms with E-state index >= 15 is 0 Å². The summed E-state index contributed by atoms with van der Waals surface area (Å²) < 4.78 is 0. The summed E-state index contributed by atoms with van der Waals surface area (Å²) in [7, 11) is 1.99. The van der Waals surface area contributed by atoms with Crippen LogP contribution in [0.5, 0.6) is 0 Å². The van der Waals surface area contributed by atoms with Crippen LogP contribution in [0.1, 0.15) is 46.0 Å². The molecule has 2 rings (SSSR count). The van der Waals surface area contributed by atoms with E-state index in [0.717, 1.165) is 32.4 Å². The summed E-state index contributed by atoms with van der Waals surface area (Å²) in [5, 5.41) is 3.39. The summed E-state index contributed by atoms with van der Waals surface area (Å²) in [4.78, 5) is 14.5. The Morgan fingerprint density at radius 1 is 1.35 bits per heavy atom. The van der Waals surface area contributed by atoms with Gasteiger partial charge in [-0.15, -0.1) is 0 Å². The molecule has 0 aromatic rings. The molecule has 0 aromatic carbocycles. The van der Waals surface area contributed by atoms with Crippen LogP contribution in [-0.2, 0) is 4.79 Å². The van der Waals surface area contributed by atoms with Gasteiger partial charge in [-0.25, -0.2) is 0 Å². The van der Waals surface area contributed by atoms with E-state index in [1.165, 1.54) is 12.8 Å². The van der Waals surface area contributed by atoms with Crippen LogP contribution in [-0.4, -0.2) is 37.0 Å². The van der Waals surface area contributed by atoms with E-state index in [2.05, 4.69) is 19.2 Å². The molecule has 1 saturated heterocycles. The number of carbonyl (C=O) groups is 1. The van der Waals surface area contributed by atoms with E-state index in [1.807, 2.05) is 11.9 Å². The van der Waals surface area contributed by atoms with Crippen molar-refractivity contribution in [3.05, 3.63) is 0 Å². The highest BCUT2D eigenvalue weighted by atomic mass is 16.2. The standard InChI is InChI=1S/C14H26N2O/c1-4-11(5-2)16(3)13(17)12-10-14(12)6-8-15-9-7-14/h11-12,15H,4-10H2,1-3H3. The molecule has 2 aliphatic rings. The van der Waals surface area contributed by atoms with Crippen molar-refractivity contribution in [1.29, 1.82) is 0 Å². The van der Waals surface area contributed by atoms with Gasteiger partial charge in [0.05, 0.1) is 0 Å². The van der Waals surface area contributed by atoms with E-state index in [1.54, 1.807) is 0 Å². The summed E-state index contributed by atoms with van der Waals surface area (Å²) >= 11 is 0. The fraction of sp³-hybridized carbons (Fsp3) is 0.929. The van der Waals surface area contributed by atoms with Gasteiger partial charge in [-0.3, -0.25) is 4.79 Å². The third kappa shape index (κ3) is 2.35. The molecule has 1 N–H and O–H groups in total. The average Bonchev–Trinajstić information content (AvgIpc) is 3.04. The Hall–Kier alpha value is -0.570. The maximum absolute atomic E-state index is 12.4. The number of rotatable bonds is 4. The number of hydrogen-bond acceptors (Lipinski definition) is 2. The molecule has 1 atom stereocenters. The van der Waals surface area contributed by atoms with Crippen molar-refractivity contribution in [2.24, 2.45) is 11.3 Å². The Morgan fingerprint density at radius 2 is 1.94 bits per heavy atom. The van der Waals surface area contributed by atoms with Gasteiger partial charge < -0.3 is 10.2 Å². The fourth-order valence-corrected chi connectivity index (χ4v) is 3.44. The molecular weight excluding hydrogens is 212 g/mol. The molecule has 2 fully saturated rings. The van der Waals surface area contributed by atoms with E-state index < -0.39 is 0 Å². The maximum Gasteiger partial charge on any atom is 0.226 e. The molecule has 1 aliphatic carbocycles. The topological polar surface area (TPSA) is 32.3 Å².